The Hall–Kier alpha value is -3.44. The molecule has 3 N–H and O–H groups in total. The van der Waals surface area contributed by atoms with Gasteiger partial charge in [-0.1, -0.05) is 54.6 Å². The van der Waals surface area contributed by atoms with Gasteiger partial charge in [-0.3, -0.25) is 4.79 Å². The van der Waals surface area contributed by atoms with Gasteiger partial charge in [-0.15, -0.1) is 0 Å². The quantitative estimate of drug-likeness (QED) is 0.288. The van der Waals surface area contributed by atoms with Crippen LogP contribution in [-0.4, -0.2) is 26.2 Å². The summed E-state index contributed by atoms with van der Waals surface area (Å²) in [5.41, 5.74) is 6.46. The van der Waals surface area contributed by atoms with E-state index in [0.717, 1.165) is 59.2 Å². The van der Waals surface area contributed by atoms with E-state index in [1.165, 1.54) is 11.1 Å². The summed E-state index contributed by atoms with van der Waals surface area (Å²) in [6.07, 6.45) is 4.45. The van der Waals surface area contributed by atoms with Crippen LogP contribution >= 0.6 is 0 Å². The van der Waals surface area contributed by atoms with Crippen LogP contribution in [0.5, 0.6) is 0 Å². The number of benzene rings is 3. The average molecular weight is 469 g/mol. The Morgan fingerprint density at radius 2 is 1.51 bits per heavy atom. The molecule has 0 saturated heterocycles. The standard InChI is InChI=1S/C30H32N2O3/c1-30(2,35)25-15-16-26-27(18-25)32-29(31-26)24-13-11-23(12-14-24)22-9-7-21(8-10-22)20-5-3-19(4-6-20)17-28(33)34/h7-16,18-20,35H,3-6,17H2,1-2H3,(H,31,32)(H,33,34). The molecule has 4 aromatic rings. The van der Waals surface area contributed by atoms with Crippen molar-refractivity contribution in [3.8, 4) is 22.5 Å². The number of fused-ring (bicyclic) bond motifs is 1. The molecule has 1 heterocycles. The Labute approximate surface area is 205 Å². The SMILES string of the molecule is CC(C)(O)c1ccc2nc(-c3ccc(-c4ccc(C5CCC(CC(=O)O)CC5)cc4)cc3)[nH]c2c1. The van der Waals surface area contributed by atoms with Crippen molar-refractivity contribution in [2.24, 2.45) is 5.92 Å². The van der Waals surface area contributed by atoms with Crippen LogP contribution in [0.25, 0.3) is 33.5 Å². The number of nitrogens with one attached hydrogen (secondary N) is 1. The Kier molecular flexibility index (Phi) is 6.20. The van der Waals surface area contributed by atoms with Crippen molar-refractivity contribution in [1.29, 1.82) is 0 Å². The number of carboxylic acids is 1. The van der Waals surface area contributed by atoms with E-state index in [-0.39, 0.29) is 0 Å². The number of aromatic nitrogens is 2. The lowest BCUT2D eigenvalue weighted by atomic mass is 9.77. The van der Waals surface area contributed by atoms with E-state index in [2.05, 4.69) is 53.5 Å². The number of aromatic amines is 1. The molecule has 35 heavy (non-hydrogen) atoms. The minimum atomic E-state index is -0.892. The molecule has 180 valence electrons. The fourth-order valence-electron chi connectivity index (χ4n) is 5.24. The van der Waals surface area contributed by atoms with Gasteiger partial charge in [-0.05, 0) is 85.8 Å². The van der Waals surface area contributed by atoms with E-state index in [4.69, 9.17) is 10.1 Å². The molecule has 0 spiro atoms. The van der Waals surface area contributed by atoms with Crippen LogP contribution in [0, 0.1) is 5.92 Å². The summed E-state index contributed by atoms with van der Waals surface area (Å²) in [5, 5.41) is 19.3. The third kappa shape index (κ3) is 5.15. The monoisotopic (exact) mass is 468 g/mol. The summed E-state index contributed by atoms with van der Waals surface area (Å²) in [7, 11) is 0. The molecule has 0 radical (unpaired) electrons. The maximum absolute atomic E-state index is 11.0. The highest BCUT2D eigenvalue weighted by atomic mass is 16.4. The van der Waals surface area contributed by atoms with Gasteiger partial charge in [0.2, 0.25) is 0 Å². The molecule has 1 aromatic heterocycles. The topological polar surface area (TPSA) is 86.2 Å². The first-order valence-electron chi connectivity index (χ1n) is 12.4. The molecule has 1 aliphatic rings. The van der Waals surface area contributed by atoms with Crippen molar-refractivity contribution in [2.45, 2.75) is 57.5 Å². The zero-order valence-corrected chi connectivity index (χ0v) is 20.3. The Morgan fingerprint density at radius 1 is 0.914 bits per heavy atom. The normalized spacial score (nSPS) is 18.6. The van der Waals surface area contributed by atoms with Crippen LogP contribution in [0.3, 0.4) is 0 Å². The Bertz CT molecular complexity index is 1320. The zero-order chi connectivity index (χ0) is 24.6. The summed E-state index contributed by atoms with van der Waals surface area (Å²) >= 11 is 0. The number of nitrogens with zero attached hydrogens (tertiary/aromatic N) is 1. The van der Waals surface area contributed by atoms with Crippen molar-refractivity contribution in [3.63, 3.8) is 0 Å². The van der Waals surface area contributed by atoms with Crippen LogP contribution in [0.2, 0.25) is 0 Å². The van der Waals surface area contributed by atoms with E-state index in [1.54, 1.807) is 13.8 Å². The van der Waals surface area contributed by atoms with Gasteiger partial charge in [0.1, 0.15) is 5.82 Å². The van der Waals surface area contributed by atoms with Crippen molar-refractivity contribution in [2.75, 3.05) is 0 Å². The number of carboxylic acid groups (broad SMARTS) is 1. The molecule has 1 aliphatic carbocycles. The van der Waals surface area contributed by atoms with Crippen molar-refractivity contribution in [1.82, 2.24) is 9.97 Å². The lowest BCUT2D eigenvalue weighted by molar-refractivity contribution is -0.138. The molecule has 0 bridgehead atoms. The molecular weight excluding hydrogens is 436 g/mol. The van der Waals surface area contributed by atoms with Gasteiger partial charge in [0.25, 0.3) is 0 Å². The minimum Gasteiger partial charge on any atom is -0.481 e. The van der Waals surface area contributed by atoms with Crippen LogP contribution in [-0.2, 0) is 10.4 Å². The Balaban J connectivity index is 1.28. The van der Waals surface area contributed by atoms with Crippen LogP contribution in [0.15, 0.2) is 66.7 Å². The Morgan fingerprint density at radius 3 is 2.11 bits per heavy atom. The third-order valence-electron chi connectivity index (χ3n) is 7.37. The highest BCUT2D eigenvalue weighted by Gasteiger charge is 2.24. The highest BCUT2D eigenvalue weighted by Crippen LogP contribution is 2.37. The molecule has 3 aromatic carbocycles. The van der Waals surface area contributed by atoms with Gasteiger partial charge in [0.05, 0.1) is 16.6 Å². The first-order chi connectivity index (χ1) is 16.8. The number of aliphatic hydroxyl groups is 1. The molecule has 1 fully saturated rings. The number of imidazole rings is 1. The fraction of sp³-hybridized carbons (Fsp3) is 0.333. The fourth-order valence-corrected chi connectivity index (χ4v) is 5.24. The maximum atomic E-state index is 11.0. The molecule has 5 heteroatoms. The van der Waals surface area contributed by atoms with Crippen molar-refractivity contribution in [3.05, 3.63) is 77.9 Å². The summed E-state index contributed by atoms with van der Waals surface area (Å²) in [4.78, 5) is 19.1. The van der Waals surface area contributed by atoms with E-state index in [1.807, 2.05) is 18.2 Å². The summed E-state index contributed by atoms with van der Waals surface area (Å²) < 4.78 is 0. The second kappa shape index (κ2) is 9.31. The maximum Gasteiger partial charge on any atom is 0.303 e. The number of hydrogen-bond donors (Lipinski definition) is 3. The van der Waals surface area contributed by atoms with E-state index >= 15 is 0 Å². The van der Waals surface area contributed by atoms with Crippen LogP contribution in [0.1, 0.15) is 63.0 Å². The lowest BCUT2D eigenvalue weighted by Gasteiger charge is -2.28. The smallest absolute Gasteiger partial charge is 0.303 e. The van der Waals surface area contributed by atoms with Gasteiger partial charge in [-0.2, -0.15) is 0 Å². The molecule has 1 saturated carbocycles. The predicted molar refractivity (Wildman–Crippen MR) is 139 cm³/mol. The summed E-state index contributed by atoms with van der Waals surface area (Å²) in [6, 6.07) is 23.1. The number of carbonyl (C=O) groups is 1. The second-order valence-corrected chi connectivity index (χ2v) is 10.4. The van der Waals surface area contributed by atoms with E-state index in [9.17, 15) is 9.90 Å². The van der Waals surface area contributed by atoms with Gasteiger partial charge < -0.3 is 15.2 Å². The highest BCUT2D eigenvalue weighted by molar-refractivity contribution is 5.80. The lowest BCUT2D eigenvalue weighted by Crippen LogP contribution is -2.16. The van der Waals surface area contributed by atoms with Crippen LogP contribution in [0.4, 0.5) is 0 Å². The number of aliphatic carboxylic acids is 1. The predicted octanol–water partition coefficient (Wildman–Crippen LogP) is 6.87. The van der Waals surface area contributed by atoms with Crippen molar-refractivity contribution < 1.29 is 15.0 Å². The molecule has 0 atom stereocenters. The average Bonchev–Trinajstić information content (AvgIpc) is 3.28. The minimum absolute atomic E-state index is 0.303. The first-order valence-corrected chi connectivity index (χ1v) is 12.4. The van der Waals surface area contributed by atoms with Gasteiger partial charge in [0.15, 0.2) is 0 Å². The van der Waals surface area contributed by atoms with E-state index < -0.39 is 11.6 Å². The summed E-state index contributed by atoms with van der Waals surface area (Å²) in [6.45, 7) is 3.56. The van der Waals surface area contributed by atoms with Gasteiger partial charge in [0, 0.05) is 12.0 Å². The number of H-pyrrole nitrogens is 1. The second-order valence-electron chi connectivity index (χ2n) is 10.4. The molecule has 0 amide bonds. The zero-order valence-electron chi connectivity index (χ0n) is 20.3. The molecule has 0 aliphatic heterocycles. The number of hydrogen-bond acceptors (Lipinski definition) is 3. The molecule has 0 unspecified atom stereocenters. The largest absolute Gasteiger partial charge is 0.481 e. The van der Waals surface area contributed by atoms with Crippen LogP contribution < -0.4 is 0 Å². The van der Waals surface area contributed by atoms with Crippen molar-refractivity contribution >= 4 is 17.0 Å². The summed E-state index contributed by atoms with van der Waals surface area (Å²) in [5.74, 6) is 0.996. The molecule has 5 nitrogen and oxygen atoms in total. The molecule has 5 rings (SSSR count). The van der Waals surface area contributed by atoms with Gasteiger partial charge in [-0.25, -0.2) is 4.98 Å². The third-order valence-corrected chi connectivity index (χ3v) is 7.37. The number of rotatable bonds is 6. The van der Waals surface area contributed by atoms with E-state index in [0.29, 0.717) is 18.3 Å². The molecular formula is C30H32N2O3. The first kappa shape index (κ1) is 23.3. The van der Waals surface area contributed by atoms with Gasteiger partial charge >= 0.3 is 5.97 Å².